The van der Waals surface area contributed by atoms with Gasteiger partial charge in [0.25, 0.3) is 5.91 Å². The second-order valence-corrected chi connectivity index (χ2v) is 7.23. The van der Waals surface area contributed by atoms with E-state index in [0.717, 1.165) is 19.3 Å². The van der Waals surface area contributed by atoms with Crippen molar-refractivity contribution >= 4 is 11.8 Å². The van der Waals surface area contributed by atoms with Gasteiger partial charge in [-0.2, -0.15) is 0 Å². The van der Waals surface area contributed by atoms with E-state index in [1.807, 2.05) is 65.6 Å². The molecule has 5 heteroatoms. The third-order valence-electron chi connectivity index (χ3n) is 5.06. The Morgan fingerprint density at radius 2 is 1.64 bits per heavy atom. The molecule has 2 aromatic carbocycles. The molecule has 0 aliphatic carbocycles. The summed E-state index contributed by atoms with van der Waals surface area (Å²) in [6.07, 6.45) is 2.28. The van der Waals surface area contributed by atoms with Crippen LogP contribution < -0.4 is 10.1 Å². The van der Waals surface area contributed by atoms with Crippen LogP contribution in [-0.4, -0.2) is 41.9 Å². The predicted molar refractivity (Wildman–Crippen MR) is 109 cm³/mol. The third kappa shape index (κ3) is 5.84. The average Bonchev–Trinajstić information content (AvgIpc) is 2.74. The number of hydrogen-bond acceptors (Lipinski definition) is 3. The molecule has 2 amide bonds. The Labute approximate surface area is 166 Å². The van der Waals surface area contributed by atoms with Crippen molar-refractivity contribution in [3.8, 4) is 5.75 Å². The van der Waals surface area contributed by atoms with E-state index >= 15 is 0 Å². The zero-order valence-corrected chi connectivity index (χ0v) is 16.3. The molecular formula is C23H28N2O3. The number of amides is 2. The molecule has 1 atom stereocenters. The van der Waals surface area contributed by atoms with Crippen LogP contribution >= 0.6 is 0 Å². The van der Waals surface area contributed by atoms with Crippen LogP contribution in [0.4, 0.5) is 0 Å². The minimum atomic E-state index is -0.514. The van der Waals surface area contributed by atoms with Crippen LogP contribution in [0.1, 0.15) is 31.7 Å². The van der Waals surface area contributed by atoms with Gasteiger partial charge in [0, 0.05) is 25.6 Å². The van der Waals surface area contributed by atoms with Crippen LogP contribution in [0, 0.1) is 0 Å². The van der Waals surface area contributed by atoms with Crippen molar-refractivity contribution in [1.82, 2.24) is 10.2 Å². The minimum absolute atomic E-state index is 0.00212. The van der Waals surface area contributed by atoms with Gasteiger partial charge < -0.3 is 15.0 Å². The number of carbonyl (C=O) groups excluding carboxylic acids is 2. The SMILES string of the molecule is C[C@H](Oc1ccccc1)C(=O)N1CCC(NC(=O)CCc2ccccc2)CC1. The van der Waals surface area contributed by atoms with E-state index in [1.54, 1.807) is 6.92 Å². The van der Waals surface area contributed by atoms with Crippen molar-refractivity contribution in [3.63, 3.8) is 0 Å². The largest absolute Gasteiger partial charge is 0.481 e. The highest BCUT2D eigenvalue weighted by Gasteiger charge is 2.27. The second kappa shape index (κ2) is 9.93. The molecule has 1 heterocycles. The maximum absolute atomic E-state index is 12.6. The topological polar surface area (TPSA) is 58.6 Å². The highest BCUT2D eigenvalue weighted by molar-refractivity contribution is 5.81. The molecule has 148 valence electrons. The number of aryl methyl sites for hydroxylation is 1. The van der Waals surface area contributed by atoms with Crippen LogP contribution in [0.3, 0.4) is 0 Å². The van der Waals surface area contributed by atoms with E-state index in [2.05, 4.69) is 5.32 Å². The molecule has 0 radical (unpaired) electrons. The number of benzene rings is 2. The molecule has 1 saturated heterocycles. The van der Waals surface area contributed by atoms with Crippen molar-refractivity contribution in [3.05, 3.63) is 66.2 Å². The van der Waals surface area contributed by atoms with E-state index in [-0.39, 0.29) is 17.9 Å². The highest BCUT2D eigenvalue weighted by Crippen LogP contribution is 2.16. The molecule has 5 nitrogen and oxygen atoms in total. The zero-order valence-electron chi connectivity index (χ0n) is 16.3. The molecule has 0 bridgehead atoms. The quantitative estimate of drug-likeness (QED) is 0.803. The van der Waals surface area contributed by atoms with Gasteiger partial charge >= 0.3 is 0 Å². The normalized spacial score (nSPS) is 15.7. The highest BCUT2D eigenvalue weighted by atomic mass is 16.5. The van der Waals surface area contributed by atoms with E-state index in [1.165, 1.54) is 5.56 Å². The Balaban J connectivity index is 1.38. The minimum Gasteiger partial charge on any atom is -0.481 e. The van der Waals surface area contributed by atoms with Gasteiger partial charge in [-0.05, 0) is 43.9 Å². The van der Waals surface area contributed by atoms with Gasteiger partial charge in [0.2, 0.25) is 5.91 Å². The fourth-order valence-corrected chi connectivity index (χ4v) is 3.46. The number of rotatable bonds is 7. The predicted octanol–water partition coefficient (Wildman–Crippen LogP) is 3.19. The number of carbonyl (C=O) groups is 2. The van der Waals surface area contributed by atoms with Crippen LogP contribution in [-0.2, 0) is 16.0 Å². The zero-order chi connectivity index (χ0) is 19.8. The summed E-state index contributed by atoms with van der Waals surface area (Å²) in [5.41, 5.74) is 1.17. The Morgan fingerprint density at radius 1 is 1.04 bits per heavy atom. The van der Waals surface area contributed by atoms with Gasteiger partial charge in [-0.1, -0.05) is 48.5 Å². The van der Waals surface area contributed by atoms with Gasteiger partial charge in [0.15, 0.2) is 6.10 Å². The molecule has 1 aliphatic rings. The first-order chi connectivity index (χ1) is 13.6. The number of piperidine rings is 1. The standard InChI is InChI=1S/C23H28N2O3/c1-18(28-21-10-6-3-7-11-21)23(27)25-16-14-20(15-17-25)24-22(26)13-12-19-8-4-2-5-9-19/h2-11,18,20H,12-17H2,1H3,(H,24,26)/t18-/m0/s1. The fraction of sp³-hybridized carbons (Fsp3) is 0.391. The molecule has 0 saturated carbocycles. The molecule has 2 aromatic rings. The second-order valence-electron chi connectivity index (χ2n) is 7.23. The first-order valence-corrected chi connectivity index (χ1v) is 9.95. The molecule has 0 aromatic heterocycles. The summed E-state index contributed by atoms with van der Waals surface area (Å²) in [7, 11) is 0. The molecule has 28 heavy (non-hydrogen) atoms. The molecule has 1 fully saturated rings. The Bertz CT molecular complexity index is 756. The molecule has 1 aliphatic heterocycles. The summed E-state index contributed by atoms with van der Waals surface area (Å²) >= 11 is 0. The summed E-state index contributed by atoms with van der Waals surface area (Å²) in [6, 6.07) is 19.6. The van der Waals surface area contributed by atoms with E-state index in [9.17, 15) is 9.59 Å². The number of likely N-dealkylation sites (tertiary alicyclic amines) is 1. The summed E-state index contributed by atoms with van der Waals surface area (Å²) in [5, 5.41) is 3.11. The number of nitrogens with zero attached hydrogens (tertiary/aromatic N) is 1. The smallest absolute Gasteiger partial charge is 0.263 e. The summed E-state index contributed by atoms with van der Waals surface area (Å²) in [4.78, 5) is 26.6. The van der Waals surface area contributed by atoms with Crippen LogP contribution in [0.15, 0.2) is 60.7 Å². The molecular weight excluding hydrogens is 352 g/mol. The van der Waals surface area contributed by atoms with E-state index in [4.69, 9.17) is 4.74 Å². The first-order valence-electron chi connectivity index (χ1n) is 9.95. The summed E-state index contributed by atoms with van der Waals surface area (Å²) in [5.74, 6) is 0.774. The number of nitrogens with one attached hydrogen (secondary N) is 1. The number of hydrogen-bond donors (Lipinski definition) is 1. The number of para-hydroxylation sites is 1. The Hall–Kier alpha value is -2.82. The average molecular weight is 380 g/mol. The van der Waals surface area contributed by atoms with E-state index < -0.39 is 6.10 Å². The van der Waals surface area contributed by atoms with Gasteiger partial charge in [-0.15, -0.1) is 0 Å². The third-order valence-corrected chi connectivity index (χ3v) is 5.06. The Morgan fingerprint density at radius 3 is 2.29 bits per heavy atom. The van der Waals surface area contributed by atoms with Gasteiger partial charge in [-0.3, -0.25) is 9.59 Å². The lowest BCUT2D eigenvalue weighted by Crippen LogP contribution is -2.49. The molecule has 0 spiro atoms. The van der Waals surface area contributed by atoms with Crippen molar-refractivity contribution in [2.45, 2.75) is 44.8 Å². The summed E-state index contributed by atoms with van der Waals surface area (Å²) in [6.45, 7) is 3.07. The monoisotopic (exact) mass is 380 g/mol. The molecule has 1 N–H and O–H groups in total. The van der Waals surface area contributed by atoms with Crippen LogP contribution in [0.5, 0.6) is 5.75 Å². The first kappa shape index (κ1) is 19.9. The van der Waals surface area contributed by atoms with Crippen molar-refractivity contribution < 1.29 is 14.3 Å². The van der Waals surface area contributed by atoms with Crippen LogP contribution in [0.25, 0.3) is 0 Å². The lowest BCUT2D eigenvalue weighted by atomic mass is 10.0. The van der Waals surface area contributed by atoms with Crippen molar-refractivity contribution in [2.24, 2.45) is 0 Å². The maximum atomic E-state index is 12.6. The fourth-order valence-electron chi connectivity index (χ4n) is 3.46. The van der Waals surface area contributed by atoms with Crippen molar-refractivity contribution in [2.75, 3.05) is 13.1 Å². The molecule has 0 unspecified atom stereocenters. The Kier molecular flexibility index (Phi) is 7.06. The van der Waals surface area contributed by atoms with Gasteiger partial charge in [0.1, 0.15) is 5.75 Å². The number of ether oxygens (including phenoxy) is 1. The molecule has 3 rings (SSSR count). The van der Waals surface area contributed by atoms with Crippen molar-refractivity contribution in [1.29, 1.82) is 0 Å². The van der Waals surface area contributed by atoms with Gasteiger partial charge in [0.05, 0.1) is 0 Å². The maximum Gasteiger partial charge on any atom is 0.263 e. The van der Waals surface area contributed by atoms with Gasteiger partial charge in [-0.25, -0.2) is 0 Å². The van der Waals surface area contributed by atoms with E-state index in [0.29, 0.717) is 25.3 Å². The lowest BCUT2D eigenvalue weighted by molar-refractivity contribution is -0.139. The summed E-state index contributed by atoms with van der Waals surface area (Å²) < 4.78 is 5.73. The van der Waals surface area contributed by atoms with Crippen LogP contribution in [0.2, 0.25) is 0 Å². The lowest BCUT2D eigenvalue weighted by Gasteiger charge is -2.33.